The number of amides is 1. The van der Waals surface area contributed by atoms with Gasteiger partial charge in [0.1, 0.15) is 23.3 Å². The first-order chi connectivity index (χ1) is 16.9. The fourth-order valence-corrected chi connectivity index (χ4v) is 6.87. The molecule has 0 saturated heterocycles. The van der Waals surface area contributed by atoms with Crippen LogP contribution in [0.4, 0.5) is 28.8 Å². The number of hydrogen-bond acceptors (Lipinski definition) is 6. The second-order valence-electron chi connectivity index (χ2n) is 10.9. The molecule has 1 amide bonds. The molecule has 1 aromatic carbocycles. The van der Waals surface area contributed by atoms with E-state index in [9.17, 15) is 4.79 Å². The number of anilines is 5. The molecule has 180 valence electrons. The number of pyridine rings is 1. The molecule has 7 rings (SSSR count). The Kier molecular flexibility index (Phi) is 5.43. The molecule has 7 nitrogen and oxygen atoms in total. The molecule has 0 spiro atoms. The number of benzene rings is 1. The molecule has 4 aliphatic rings. The number of nitrogens with one attached hydrogen (secondary N) is 3. The number of aryl methyl sites for hydroxylation is 2. The largest absolute Gasteiger partial charge is 0.340 e. The van der Waals surface area contributed by atoms with Gasteiger partial charge in [-0.1, -0.05) is 0 Å². The molecule has 2 aromatic heterocycles. The number of rotatable bonds is 6. The normalized spacial score (nSPS) is 26.4. The Balaban J connectivity index is 1.12. The molecule has 0 radical (unpaired) electrons. The van der Waals surface area contributed by atoms with Crippen molar-refractivity contribution in [2.45, 2.75) is 52.4 Å². The van der Waals surface area contributed by atoms with Crippen molar-refractivity contribution in [1.29, 1.82) is 0 Å². The monoisotopic (exact) mass is 468 g/mol. The SMILES string of the molecule is Cc1ccnc(Nc2cc(Nc3ccc(NC(=O)C45CC6CC(CC(C6)C4)C5)cc3)nc(C)n2)c1. The molecule has 35 heavy (non-hydrogen) atoms. The molecule has 0 unspecified atom stereocenters. The molecule has 7 heteroatoms. The molecule has 0 aliphatic heterocycles. The Hall–Kier alpha value is -3.48. The van der Waals surface area contributed by atoms with Crippen molar-refractivity contribution in [3.8, 4) is 0 Å². The zero-order chi connectivity index (χ0) is 24.0. The van der Waals surface area contributed by atoms with E-state index >= 15 is 0 Å². The molecule has 2 heterocycles. The Morgan fingerprint density at radius 1 is 0.800 bits per heavy atom. The molecule has 4 aliphatic carbocycles. The minimum Gasteiger partial charge on any atom is -0.340 e. The molecule has 4 fully saturated rings. The van der Waals surface area contributed by atoms with Gasteiger partial charge in [-0.3, -0.25) is 4.79 Å². The van der Waals surface area contributed by atoms with Crippen LogP contribution < -0.4 is 16.0 Å². The van der Waals surface area contributed by atoms with Crippen molar-refractivity contribution in [2.24, 2.45) is 23.2 Å². The Labute approximate surface area is 206 Å². The van der Waals surface area contributed by atoms with Crippen LogP contribution in [-0.2, 0) is 4.79 Å². The van der Waals surface area contributed by atoms with Gasteiger partial charge in [-0.25, -0.2) is 15.0 Å². The molecule has 3 aromatic rings. The lowest BCUT2D eigenvalue weighted by Crippen LogP contribution is -2.51. The van der Waals surface area contributed by atoms with Gasteiger partial charge in [-0.05, 0) is 112 Å². The highest BCUT2D eigenvalue weighted by molar-refractivity contribution is 5.95. The third-order valence-electron chi connectivity index (χ3n) is 7.94. The average Bonchev–Trinajstić information content (AvgIpc) is 2.79. The summed E-state index contributed by atoms with van der Waals surface area (Å²) in [6.45, 7) is 3.89. The molecule has 3 N–H and O–H groups in total. The Morgan fingerprint density at radius 3 is 2.03 bits per heavy atom. The predicted octanol–water partition coefficient (Wildman–Crippen LogP) is 6.13. The highest BCUT2D eigenvalue weighted by Crippen LogP contribution is 2.60. The number of hydrogen-bond donors (Lipinski definition) is 3. The predicted molar refractivity (Wildman–Crippen MR) is 138 cm³/mol. The smallest absolute Gasteiger partial charge is 0.230 e. The van der Waals surface area contributed by atoms with Crippen LogP contribution in [0.5, 0.6) is 0 Å². The van der Waals surface area contributed by atoms with E-state index in [1.807, 2.05) is 56.3 Å². The Bertz CT molecular complexity index is 1220. The first-order valence-electron chi connectivity index (χ1n) is 12.7. The summed E-state index contributed by atoms with van der Waals surface area (Å²) in [5.41, 5.74) is 2.74. The van der Waals surface area contributed by atoms with Gasteiger partial charge in [-0.15, -0.1) is 0 Å². The topological polar surface area (TPSA) is 91.8 Å². The van der Waals surface area contributed by atoms with E-state index in [1.54, 1.807) is 6.20 Å². The van der Waals surface area contributed by atoms with Crippen molar-refractivity contribution in [3.05, 3.63) is 60.0 Å². The minimum absolute atomic E-state index is 0.139. The number of nitrogens with zero attached hydrogens (tertiary/aromatic N) is 3. The van der Waals surface area contributed by atoms with E-state index in [-0.39, 0.29) is 11.3 Å². The van der Waals surface area contributed by atoms with Gasteiger partial charge in [-0.2, -0.15) is 0 Å². The quantitative estimate of drug-likeness (QED) is 0.403. The highest BCUT2D eigenvalue weighted by atomic mass is 16.2. The van der Waals surface area contributed by atoms with E-state index in [1.165, 1.54) is 19.3 Å². The van der Waals surface area contributed by atoms with Crippen LogP contribution in [0.2, 0.25) is 0 Å². The van der Waals surface area contributed by atoms with Crippen LogP contribution in [0.1, 0.15) is 49.9 Å². The summed E-state index contributed by atoms with van der Waals surface area (Å²) in [7, 11) is 0. The second-order valence-corrected chi connectivity index (χ2v) is 10.9. The van der Waals surface area contributed by atoms with Crippen molar-refractivity contribution in [1.82, 2.24) is 15.0 Å². The summed E-state index contributed by atoms with van der Waals surface area (Å²) < 4.78 is 0. The maximum absolute atomic E-state index is 13.3. The van der Waals surface area contributed by atoms with Gasteiger partial charge in [0.15, 0.2) is 0 Å². The first kappa shape index (κ1) is 22.0. The van der Waals surface area contributed by atoms with Gasteiger partial charge < -0.3 is 16.0 Å². The van der Waals surface area contributed by atoms with Gasteiger partial charge in [0.2, 0.25) is 5.91 Å². The lowest BCUT2D eigenvalue weighted by molar-refractivity contribution is -0.140. The summed E-state index contributed by atoms with van der Waals surface area (Å²) in [5, 5.41) is 9.82. The first-order valence-corrected chi connectivity index (χ1v) is 12.7. The van der Waals surface area contributed by atoms with E-state index in [4.69, 9.17) is 0 Å². The van der Waals surface area contributed by atoms with Gasteiger partial charge >= 0.3 is 0 Å². The molecule has 4 bridgehead atoms. The van der Waals surface area contributed by atoms with E-state index < -0.39 is 0 Å². The summed E-state index contributed by atoms with van der Waals surface area (Å²) in [6, 6.07) is 13.7. The second kappa shape index (κ2) is 8.63. The fourth-order valence-electron chi connectivity index (χ4n) is 6.87. The zero-order valence-electron chi connectivity index (χ0n) is 20.3. The summed E-state index contributed by atoms with van der Waals surface area (Å²) in [4.78, 5) is 26.7. The lowest BCUT2D eigenvalue weighted by atomic mass is 9.49. The third-order valence-corrected chi connectivity index (χ3v) is 7.94. The molecular weight excluding hydrogens is 436 g/mol. The van der Waals surface area contributed by atoms with Gasteiger partial charge in [0.05, 0.1) is 5.41 Å². The van der Waals surface area contributed by atoms with E-state index in [0.717, 1.165) is 59.8 Å². The molecule has 0 atom stereocenters. The summed E-state index contributed by atoms with van der Waals surface area (Å²) >= 11 is 0. The maximum Gasteiger partial charge on any atom is 0.230 e. The van der Waals surface area contributed by atoms with Crippen molar-refractivity contribution < 1.29 is 4.79 Å². The lowest BCUT2D eigenvalue weighted by Gasteiger charge is -2.55. The van der Waals surface area contributed by atoms with Crippen molar-refractivity contribution in [2.75, 3.05) is 16.0 Å². The van der Waals surface area contributed by atoms with Crippen LogP contribution >= 0.6 is 0 Å². The van der Waals surface area contributed by atoms with E-state index in [0.29, 0.717) is 17.5 Å². The average molecular weight is 469 g/mol. The maximum atomic E-state index is 13.3. The Morgan fingerprint density at radius 2 is 1.40 bits per heavy atom. The van der Waals surface area contributed by atoms with Crippen LogP contribution in [0.3, 0.4) is 0 Å². The number of aromatic nitrogens is 3. The standard InChI is InChI=1S/C28H32N6O/c1-17-7-8-29-24(9-17)34-26-13-25(30-18(2)31-26)32-22-3-5-23(6-4-22)33-27(35)28-14-19-10-20(15-28)12-21(11-19)16-28/h3-9,13,19-21H,10-12,14-16H2,1-2H3,(H,33,35)(H2,29,30,31,32,34). The van der Waals surface area contributed by atoms with Crippen molar-refractivity contribution in [3.63, 3.8) is 0 Å². The van der Waals surface area contributed by atoms with Crippen LogP contribution in [0, 0.1) is 37.0 Å². The van der Waals surface area contributed by atoms with Crippen molar-refractivity contribution >= 4 is 34.7 Å². The highest BCUT2D eigenvalue weighted by Gasteiger charge is 2.54. The third kappa shape index (κ3) is 4.59. The van der Waals surface area contributed by atoms with Crippen LogP contribution in [0.25, 0.3) is 0 Å². The fraction of sp³-hybridized carbons (Fsp3) is 0.429. The van der Waals surface area contributed by atoms with Gasteiger partial charge in [0, 0.05) is 23.6 Å². The summed E-state index contributed by atoms with van der Waals surface area (Å²) in [6.07, 6.45) is 9.02. The van der Waals surface area contributed by atoms with Crippen LogP contribution in [0.15, 0.2) is 48.7 Å². The summed E-state index contributed by atoms with van der Waals surface area (Å²) in [5.74, 6) is 5.28. The van der Waals surface area contributed by atoms with Gasteiger partial charge in [0.25, 0.3) is 0 Å². The minimum atomic E-state index is -0.139. The number of carbonyl (C=O) groups is 1. The van der Waals surface area contributed by atoms with Crippen LogP contribution in [-0.4, -0.2) is 20.9 Å². The number of carbonyl (C=O) groups excluding carboxylic acids is 1. The van der Waals surface area contributed by atoms with E-state index in [2.05, 4.69) is 30.9 Å². The zero-order valence-corrected chi connectivity index (χ0v) is 20.3. The molecule has 4 saturated carbocycles. The molecular formula is C28H32N6O.